The Hall–Kier alpha value is -1.95. The van der Waals surface area contributed by atoms with Crippen molar-refractivity contribution in [1.29, 1.82) is 0 Å². The van der Waals surface area contributed by atoms with E-state index in [1.54, 1.807) is 17.5 Å². The lowest BCUT2D eigenvalue weighted by atomic mass is 9.84. The molecule has 5 rings (SSSR count). The number of hydrogen-bond acceptors (Lipinski definition) is 5. The van der Waals surface area contributed by atoms with Crippen LogP contribution in [0, 0.1) is 17.8 Å². The first-order valence-electron chi connectivity index (χ1n) is 8.79. The van der Waals surface area contributed by atoms with Crippen LogP contribution in [-0.2, 0) is 0 Å². The Morgan fingerprint density at radius 1 is 1.33 bits per heavy atom. The van der Waals surface area contributed by atoms with Crippen molar-refractivity contribution in [3.05, 3.63) is 30.7 Å². The zero-order valence-corrected chi connectivity index (χ0v) is 14.5. The van der Waals surface area contributed by atoms with Crippen molar-refractivity contribution in [3.8, 4) is 11.3 Å². The van der Waals surface area contributed by atoms with E-state index in [1.807, 2.05) is 29.0 Å². The molecule has 5 nitrogen and oxygen atoms in total. The lowest BCUT2D eigenvalue weighted by molar-refractivity contribution is 0.304. The molecule has 4 atom stereocenters. The quantitative estimate of drug-likeness (QED) is 0.778. The molecule has 3 aromatic heterocycles. The van der Waals surface area contributed by atoms with Crippen LogP contribution < -0.4 is 5.32 Å². The van der Waals surface area contributed by atoms with Gasteiger partial charge in [0.25, 0.3) is 0 Å². The molecule has 3 heterocycles. The highest BCUT2D eigenvalue weighted by molar-refractivity contribution is 7.20. The minimum atomic E-state index is 0.494. The van der Waals surface area contributed by atoms with Gasteiger partial charge in [-0.05, 0) is 56.1 Å². The van der Waals surface area contributed by atoms with Crippen LogP contribution in [0.3, 0.4) is 0 Å². The Morgan fingerprint density at radius 2 is 2.29 bits per heavy atom. The van der Waals surface area contributed by atoms with Gasteiger partial charge in [0.2, 0.25) is 10.1 Å². The number of rotatable bonds is 4. The molecule has 4 unspecified atom stereocenters. The molecule has 2 aliphatic rings. The first-order chi connectivity index (χ1) is 11.8. The molecule has 0 radical (unpaired) electrons. The van der Waals surface area contributed by atoms with Crippen molar-refractivity contribution in [2.45, 2.75) is 38.6 Å². The van der Waals surface area contributed by atoms with Crippen LogP contribution in [0.1, 0.15) is 32.6 Å². The van der Waals surface area contributed by atoms with E-state index in [1.165, 1.54) is 25.7 Å². The molecule has 2 bridgehead atoms. The monoisotopic (exact) mass is 339 g/mol. The van der Waals surface area contributed by atoms with Gasteiger partial charge < -0.3 is 5.32 Å². The number of anilines is 1. The number of fused-ring (bicyclic) bond motifs is 3. The molecule has 24 heavy (non-hydrogen) atoms. The SMILES string of the molecule is CC(Nc1nn2cc(-c3cccnc3)nc2s1)C1CC2CCC1C2. The lowest BCUT2D eigenvalue weighted by Crippen LogP contribution is -2.29. The molecule has 0 amide bonds. The molecule has 2 fully saturated rings. The van der Waals surface area contributed by atoms with Gasteiger partial charge >= 0.3 is 0 Å². The van der Waals surface area contributed by atoms with Crippen LogP contribution in [-0.4, -0.2) is 25.6 Å². The average Bonchev–Trinajstić information content (AvgIpc) is 3.35. The summed E-state index contributed by atoms with van der Waals surface area (Å²) in [6.07, 6.45) is 11.3. The fourth-order valence-corrected chi connectivity index (χ4v) is 5.50. The average molecular weight is 339 g/mol. The molecule has 0 aliphatic heterocycles. The van der Waals surface area contributed by atoms with Gasteiger partial charge in [0.05, 0.1) is 11.9 Å². The van der Waals surface area contributed by atoms with Crippen LogP contribution >= 0.6 is 11.3 Å². The number of hydrogen-bond donors (Lipinski definition) is 1. The van der Waals surface area contributed by atoms with Crippen molar-refractivity contribution >= 4 is 21.4 Å². The molecule has 124 valence electrons. The third-order valence-corrected chi connectivity index (χ3v) is 6.64. The summed E-state index contributed by atoms with van der Waals surface area (Å²) in [5.41, 5.74) is 1.95. The van der Waals surface area contributed by atoms with Gasteiger partial charge in [-0.15, -0.1) is 5.10 Å². The van der Waals surface area contributed by atoms with E-state index in [-0.39, 0.29) is 0 Å². The summed E-state index contributed by atoms with van der Waals surface area (Å²) < 4.78 is 1.88. The first kappa shape index (κ1) is 14.4. The predicted molar refractivity (Wildman–Crippen MR) is 96.1 cm³/mol. The van der Waals surface area contributed by atoms with Crippen LogP contribution in [0.25, 0.3) is 16.2 Å². The van der Waals surface area contributed by atoms with Crippen LogP contribution in [0.15, 0.2) is 30.7 Å². The van der Waals surface area contributed by atoms with E-state index in [0.29, 0.717) is 6.04 Å². The van der Waals surface area contributed by atoms with E-state index < -0.39 is 0 Å². The van der Waals surface area contributed by atoms with Crippen LogP contribution in [0.5, 0.6) is 0 Å². The Labute approximate surface area is 145 Å². The number of nitrogens with zero attached hydrogens (tertiary/aromatic N) is 4. The van der Waals surface area contributed by atoms with Crippen molar-refractivity contribution in [3.63, 3.8) is 0 Å². The molecular weight excluding hydrogens is 318 g/mol. The molecule has 0 saturated heterocycles. The van der Waals surface area contributed by atoms with Crippen LogP contribution in [0.2, 0.25) is 0 Å². The molecular formula is C18H21N5S. The van der Waals surface area contributed by atoms with Gasteiger partial charge in [-0.3, -0.25) is 4.98 Å². The fraction of sp³-hybridized carbons (Fsp3) is 0.500. The maximum absolute atomic E-state index is 4.69. The second-order valence-electron chi connectivity index (χ2n) is 7.27. The third kappa shape index (κ3) is 2.40. The molecule has 0 spiro atoms. The molecule has 1 N–H and O–H groups in total. The van der Waals surface area contributed by atoms with Crippen molar-refractivity contribution in [1.82, 2.24) is 19.6 Å². The standard InChI is InChI=1S/C18H21N5S/c1-11(15-8-12-4-5-13(15)7-12)20-17-22-23-10-16(21-18(23)24-17)14-3-2-6-19-9-14/h2-3,6,9-13,15H,4-5,7-8H2,1H3,(H,20,22). The van der Waals surface area contributed by atoms with E-state index >= 15 is 0 Å². The summed E-state index contributed by atoms with van der Waals surface area (Å²) in [6.45, 7) is 2.32. The maximum atomic E-state index is 4.69. The third-order valence-electron chi connectivity index (χ3n) is 5.79. The predicted octanol–water partition coefficient (Wildman–Crippen LogP) is 4.09. The second kappa shape index (κ2) is 5.55. The fourth-order valence-electron chi connectivity index (χ4n) is 4.62. The largest absolute Gasteiger partial charge is 0.357 e. The first-order valence-corrected chi connectivity index (χ1v) is 9.61. The maximum Gasteiger partial charge on any atom is 0.214 e. The van der Waals surface area contributed by atoms with Gasteiger partial charge in [0, 0.05) is 24.0 Å². The summed E-state index contributed by atoms with van der Waals surface area (Å²) in [5, 5.41) is 9.29. The van der Waals surface area contributed by atoms with Gasteiger partial charge in [-0.1, -0.05) is 17.8 Å². The number of aromatic nitrogens is 4. The topological polar surface area (TPSA) is 55.1 Å². The Bertz CT molecular complexity index is 823. The highest BCUT2D eigenvalue weighted by Gasteiger charge is 2.41. The highest BCUT2D eigenvalue weighted by atomic mass is 32.1. The van der Waals surface area contributed by atoms with Crippen molar-refractivity contribution in [2.24, 2.45) is 17.8 Å². The molecule has 2 aliphatic carbocycles. The second-order valence-corrected chi connectivity index (χ2v) is 8.23. The molecule has 3 aromatic rings. The summed E-state index contributed by atoms with van der Waals surface area (Å²) in [6, 6.07) is 4.45. The molecule has 2 saturated carbocycles. The van der Waals surface area contributed by atoms with Gasteiger partial charge in [-0.25, -0.2) is 9.50 Å². The van der Waals surface area contributed by atoms with Gasteiger partial charge in [0.1, 0.15) is 0 Å². The zero-order valence-electron chi connectivity index (χ0n) is 13.7. The van der Waals surface area contributed by atoms with E-state index in [0.717, 1.165) is 39.1 Å². The normalized spacial score (nSPS) is 27.0. The Kier molecular flexibility index (Phi) is 3.33. The van der Waals surface area contributed by atoms with Gasteiger partial charge in [0.15, 0.2) is 0 Å². The zero-order chi connectivity index (χ0) is 16.1. The highest BCUT2D eigenvalue weighted by Crippen LogP contribution is 2.49. The minimum absolute atomic E-state index is 0.494. The Balaban J connectivity index is 1.34. The molecule has 6 heteroatoms. The number of pyridine rings is 1. The van der Waals surface area contributed by atoms with E-state index in [4.69, 9.17) is 0 Å². The summed E-state index contributed by atoms with van der Waals surface area (Å²) in [4.78, 5) is 9.77. The van der Waals surface area contributed by atoms with E-state index in [9.17, 15) is 0 Å². The van der Waals surface area contributed by atoms with Crippen molar-refractivity contribution in [2.75, 3.05) is 5.32 Å². The summed E-state index contributed by atoms with van der Waals surface area (Å²) >= 11 is 1.63. The van der Waals surface area contributed by atoms with Crippen molar-refractivity contribution < 1.29 is 0 Å². The molecule has 0 aromatic carbocycles. The smallest absolute Gasteiger partial charge is 0.214 e. The summed E-state index contributed by atoms with van der Waals surface area (Å²) in [7, 11) is 0. The lowest BCUT2D eigenvalue weighted by Gasteiger charge is -2.28. The van der Waals surface area contributed by atoms with Gasteiger partial charge in [-0.2, -0.15) is 0 Å². The number of imidazole rings is 1. The Morgan fingerprint density at radius 3 is 3.00 bits per heavy atom. The minimum Gasteiger partial charge on any atom is -0.357 e. The van der Waals surface area contributed by atoms with Crippen LogP contribution in [0.4, 0.5) is 5.13 Å². The number of nitrogens with one attached hydrogen (secondary N) is 1. The summed E-state index contributed by atoms with van der Waals surface area (Å²) in [5.74, 6) is 2.73. The van der Waals surface area contributed by atoms with E-state index in [2.05, 4.69) is 27.3 Å².